The second-order valence-corrected chi connectivity index (χ2v) is 10.1. The Morgan fingerprint density at radius 2 is 1.94 bits per heavy atom. The van der Waals surface area contributed by atoms with E-state index in [0.29, 0.717) is 10.7 Å². The largest absolute Gasteiger partial charge is 0.304 e. The first-order chi connectivity index (χ1) is 16.6. The van der Waals surface area contributed by atoms with E-state index in [0.717, 1.165) is 51.3 Å². The van der Waals surface area contributed by atoms with E-state index in [2.05, 4.69) is 65.5 Å². The lowest BCUT2D eigenvalue weighted by Gasteiger charge is -2.32. The van der Waals surface area contributed by atoms with Gasteiger partial charge in [0.05, 0.1) is 5.69 Å². The predicted molar refractivity (Wildman–Crippen MR) is 143 cm³/mol. The summed E-state index contributed by atoms with van der Waals surface area (Å²) in [6.07, 6.45) is 14.6. The third-order valence-corrected chi connectivity index (χ3v) is 7.25. The van der Waals surface area contributed by atoms with Crippen molar-refractivity contribution >= 4 is 27.9 Å². The van der Waals surface area contributed by atoms with Gasteiger partial charge in [-0.3, -0.25) is 15.0 Å². The number of hydrogen-bond acceptors (Lipinski definition) is 5. The van der Waals surface area contributed by atoms with Gasteiger partial charge in [-0.2, -0.15) is 0 Å². The van der Waals surface area contributed by atoms with Crippen LogP contribution in [0, 0.1) is 0 Å². The third kappa shape index (κ3) is 6.98. The highest BCUT2D eigenvalue weighted by atomic mass is 32.1. The number of carbonyl (C=O) groups excluding carboxylic acids is 1. The number of nitrogens with one attached hydrogen (secondary N) is 1. The minimum Gasteiger partial charge on any atom is -0.304 e. The molecular weight excluding hydrogens is 440 g/mol. The molecule has 2 aliphatic rings. The number of amides is 1. The molecule has 34 heavy (non-hydrogen) atoms. The lowest BCUT2D eigenvalue weighted by molar-refractivity contribution is 0.102. The smallest absolute Gasteiger partial charge is 0.257 e. The molecule has 1 aliphatic heterocycles. The summed E-state index contributed by atoms with van der Waals surface area (Å²) in [6.45, 7) is 7.57. The summed E-state index contributed by atoms with van der Waals surface area (Å²) < 4.78 is 0. The van der Waals surface area contributed by atoms with Gasteiger partial charge in [0.15, 0.2) is 5.13 Å². The first-order valence-corrected chi connectivity index (χ1v) is 13.3. The van der Waals surface area contributed by atoms with Gasteiger partial charge in [-0.15, -0.1) is 11.3 Å². The Hall–Kier alpha value is -2.54. The molecule has 0 saturated carbocycles. The van der Waals surface area contributed by atoms with Crippen LogP contribution in [0.25, 0.3) is 5.57 Å². The maximum absolute atomic E-state index is 12.8. The van der Waals surface area contributed by atoms with Gasteiger partial charge in [-0.1, -0.05) is 56.2 Å². The molecule has 0 radical (unpaired) electrons. The monoisotopic (exact) mass is 476 g/mol. The number of aromatic nitrogens is 1. The molecule has 2 heterocycles. The number of unbranched alkanes of at least 4 members (excludes halogenated alkanes) is 3. The zero-order valence-corrected chi connectivity index (χ0v) is 21.2. The molecule has 1 aromatic heterocycles. The minimum absolute atomic E-state index is 0.110. The van der Waals surface area contributed by atoms with Crippen molar-refractivity contribution in [1.29, 1.82) is 0 Å². The van der Waals surface area contributed by atoms with Crippen molar-refractivity contribution in [2.75, 3.05) is 38.5 Å². The molecule has 0 bridgehead atoms. The van der Waals surface area contributed by atoms with Crippen molar-refractivity contribution in [3.8, 4) is 0 Å². The Morgan fingerprint density at radius 3 is 2.71 bits per heavy atom. The van der Waals surface area contributed by atoms with Crippen molar-refractivity contribution in [3.05, 3.63) is 76.3 Å². The van der Waals surface area contributed by atoms with Gasteiger partial charge in [0.1, 0.15) is 0 Å². The minimum atomic E-state index is -0.110. The summed E-state index contributed by atoms with van der Waals surface area (Å²) in [7, 11) is 2.17. The molecule has 1 saturated heterocycles. The molecule has 1 fully saturated rings. The molecule has 5 nitrogen and oxygen atoms in total. The van der Waals surface area contributed by atoms with Crippen molar-refractivity contribution in [2.24, 2.45) is 0 Å². The summed E-state index contributed by atoms with van der Waals surface area (Å²) in [5.41, 5.74) is 5.41. The molecule has 180 valence electrons. The van der Waals surface area contributed by atoms with Crippen LogP contribution < -0.4 is 5.32 Å². The highest BCUT2D eigenvalue weighted by Gasteiger charge is 2.15. The number of hydrogen-bond donors (Lipinski definition) is 1. The summed E-state index contributed by atoms with van der Waals surface area (Å²) in [5.74, 6) is -0.110. The predicted octanol–water partition coefficient (Wildman–Crippen LogP) is 5.99. The summed E-state index contributed by atoms with van der Waals surface area (Å²) in [6, 6.07) is 7.96. The zero-order chi connectivity index (χ0) is 23.8. The van der Waals surface area contributed by atoms with E-state index in [1.165, 1.54) is 47.3 Å². The van der Waals surface area contributed by atoms with Crippen molar-refractivity contribution in [2.45, 2.75) is 45.6 Å². The number of likely N-dealkylation sites (N-methyl/N-ethyl adjacent to an activating group) is 1. The van der Waals surface area contributed by atoms with Gasteiger partial charge in [0, 0.05) is 43.7 Å². The lowest BCUT2D eigenvalue weighted by Crippen LogP contribution is -2.43. The van der Waals surface area contributed by atoms with E-state index in [1.807, 2.05) is 17.5 Å². The van der Waals surface area contributed by atoms with Crippen molar-refractivity contribution in [1.82, 2.24) is 14.8 Å². The molecule has 0 atom stereocenters. The highest BCUT2D eigenvalue weighted by Crippen LogP contribution is 2.30. The first-order valence-electron chi connectivity index (χ1n) is 12.4. The number of nitrogens with zero attached hydrogens (tertiary/aromatic N) is 3. The molecule has 0 spiro atoms. The average molecular weight is 477 g/mol. The average Bonchev–Trinajstić information content (AvgIpc) is 3.32. The van der Waals surface area contributed by atoms with E-state index in [4.69, 9.17) is 4.98 Å². The van der Waals surface area contributed by atoms with Crippen LogP contribution in [-0.4, -0.2) is 53.9 Å². The maximum Gasteiger partial charge on any atom is 0.257 e. The van der Waals surface area contributed by atoms with E-state index in [9.17, 15) is 4.79 Å². The molecule has 1 N–H and O–H groups in total. The van der Waals surface area contributed by atoms with Gasteiger partial charge >= 0.3 is 0 Å². The van der Waals surface area contributed by atoms with E-state index in [1.54, 1.807) is 0 Å². The first kappa shape index (κ1) is 24.6. The van der Waals surface area contributed by atoms with Crippen molar-refractivity contribution < 1.29 is 4.79 Å². The Bertz CT molecular complexity index is 1040. The zero-order valence-electron chi connectivity index (χ0n) is 20.4. The summed E-state index contributed by atoms with van der Waals surface area (Å²) in [4.78, 5) is 22.3. The van der Waals surface area contributed by atoms with Gasteiger partial charge in [0.2, 0.25) is 0 Å². The Labute approximate surface area is 207 Å². The normalized spacial score (nSPS) is 18.3. The standard InChI is InChI=1S/C28H36N4OS/c1-3-4-5-6-8-22-9-7-10-25(19-22)26-21-34-28(29-26)30-27(33)24-13-11-23(12-14-24)20-32-17-15-31(2)16-18-32/h7-14,21H,3-6,15-20H2,1-2H3,(H,29,30,33). The van der Waals surface area contributed by atoms with Crippen LogP contribution in [0.15, 0.2) is 59.5 Å². The number of allylic oxidation sites excluding steroid dienone is 6. The summed E-state index contributed by atoms with van der Waals surface area (Å²) in [5, 5.41) is 5.66. The fraction of sp³-hybridized carbons (Fsp3) is 0.429. The van der Waals surface area contributed by atoms with E-state index < -0.39 is 0 Å². The number of thiazole rings is 1. The molecule has 2 aromatic rings. The van der Waals surface area contributed by atoms with E-state index in [-0.39, 0.29) is 5.91 Å². The van der Waals surface area contributed by atoms with Gasteiger partial charge in [-0.25, -0.2) is 4.98 Å². The van der Waals surface area contributed by atoms with Crippen LogP contribution in [0.3, 0.4) is 0 Å². The van der Waals surface area contributed by atoms with Crippen LogP contribution in [0.1, 0.15) is 60.6 Å². The van der Waals surface area contributed by atoms with Crippen LogP contribution in [0.2, 0.25) is 0 Å². The van der Waals surface area contributed by atoms with Crippen LogP contribution in [0.5, 0.6) is 0 Å². The molecule has 0 unspecified atom stereocenters. The second-order valence-electron chi connectivity index (χ2n) is 9.27. The lowest BCUT2D eigenvalue weighted by atomic mass is 9.97. The second kappa shape index (κ2) is 12.2. The molecule has 4 rings (SSSR count). The maximum atomic E-state index is 12.8. The topological polar surface area (TPSA) is 48.5 Å². The number of piperazine rings is 1. The molecular formula is C28H36N4OS. The van der Waals surface area contributed by atoms with Crippen LogP contribution >= 0.6 is 11.3 Å². The Kier molecular flexibility index (Phi) is 8.85. The van der Waals surface area contributed by atoms with Gasteiger partial charge < -0.3 is 4.90 Å². The molecule has 1 aromatic carbocycles. The number of carbonyl (C=O) groups is 1. The number of rotatable bonds is 9. The quantitative estimate of drug-likeness (QED) is 0.452. The third-order valence-electron chi connectivity index (χ3n) is 6.49. The van der Waals surface area contributed by atoms with Crippen LogP contribution in [0.4, 0.5) is 5.13 Å². The van der Waals surface area contributed by atoms with E-state index >= 15 is 0 Å². The molecule has 6 heteroatoms. The van der Waals surface area contributed by atoms with Gasteiger partial charge in [-0.05, 0) is 55.2 Å². The number of benzene rings is 1. The van der Waals surface area contributed by atoms with Gasteiger partial charge in [0.25, 0.3) is 5.91 Å². The van der Waals surface area contributed by atoms with Crippen molar-refractivity contribution in [3.63, 3.8) is 0 Å². The fourth-order valence-corrected chi connectivity index (χ4v) is 5.03. The number of anilines is 1. The summed E-state index contributed by atoms with van der Waals surface area (Å²) >= 11 is 1.48. The highest BCUT2D eigenvalue weighted by molar-refractivity contribution is 7.14. The van der Waals surface area contributed by atoms with Crippen LogP contribution in [-0.2, 0) is 6.54 Å². The fourth-order valence-electron chi connectivity index (χ4n) is 4.30. The Balaban J connectivity index is 1.30. The molecule has 1 aliphatic carbocycles. The SMILES string of the molecule is CCCCCC=C1C=CC=C(c2csc(NC(=O)c3ccc(CN4CCN(C)CC4)cc3)n2)C1. The molecule has 1 amide bonds. The Morgan fingerprint density at radius 1 is 1.15 bits per heavy atom.